The minimum atomic E-state index is -0.950. The number of benzene rings is 1. The number of halogens is 1. The molecule has 0 aliphatic carbocycles. The highest BCUT2D eigenvalue weighted by Gasteiger charge is 2.12. The molecule has 1 aromatic carbocycles. The molecule has 0 aliphatic heterocycles. The van der Waals surface area contributed by atoms with E-state index in [2.05, 4.69) is 0 Å². The number of hydrogen-bond acceptors (Lipinski definition) is 2. The van der Waals surface area contributed by atoms with Gasteiger partial charge in [-0.05, 0) is 36.6 Å². The molecule has 15 heavy (non-hydrogen) atoms. The van der Waals surface area contributed by atoms with E-state index >= 15 is 0 Å². The summed E-state index contributed by atoms with van der Waals surface area (Å²) in [6.45, 7) is 1.68. The fourth-order valence-corrected chi connectivity index (χ4v) is 1.43. The summed E-state index contributed by atoms with van der Waals surface area (Å²) < 4.78 is 12.7. The zero-order valence-electron chi connectivity index (χ0n) is 8.40. The first kappa shape index (κ1) is 11.7. The molecule has 4 heteroatoms. The van der Waals surface area contributed by atoms with Gasteiger partial charge in [0.1, 0.15) is 5.82 Å². The number of rotatable bonds is 4. The molecule has 3 nitrogen and oxygen atoms in total. The van der Waals surface area contributed by atoms with E-state index in [1.807, 2.05) is 0 Å². The Labute approximate surface area is 87.2 Å². The van der Waals surface area contributed by atoms with Crippen molar-refractivity contribution in [2.45, 2.75) is 25.9 Å². The lowest BCUT2D eigenvalue weighted by Gasteiger charge is -2.12. The lowest BCUT2D eigenvalue weighted by Crippen LogP contribution is -2.04. The molecular formula is C11H13FO3. The van der Waals surface area contributed by atoms with Crippen LogP contribution in [0.4, 0.5) is 4.39 Å². The van der Waals surface area contributed by atoms with Gasteiger partial charge in [-0.1, -0.05) is 6.07 Å². The maximum atomic E-state index is 12.7. The van der Waals surface area contributed by atoms with Crippen molar-refractivity contribution in [1.29, 1.82) is 0 Å². The fourth-order valence-electron chi connectivity index (χ4n) is 1.43. The van der Waals surface area contributed by atoms with Gasteiger partial charge in [0.25, 0.3) is 0 Å². The summed E-state index contributed by atoms with van der Waals surface area (Å²) in [6.07, 6.45) is -0.804. The molecule has 0 bridgehead atoms. The largest absolute Gasteiger partial charge is 0.481 e. The summed E-state index contributed by atoms with van der Waals surface area (Å²) in [6, 6.07) is 4.06. The molecule has 1 atom stereocenters. The molecule has 0 saturated carbocycles. The van der Waals surface area contributed by atoms with Crippen molar-refractivity contribution in [3.8, 4) is 0 Å². The fraction of sp³-hybridized carbons (Fsp3) is 0.364. The Balaban J connectivity index is 2.73. The van der Waals surface area contributed by atoms with Gasteiger partial charge in [0.05, 0.1) is 6.10 Å². The second-order valence-corrected chi connectivity index (χ2v) is 3.45. The van der Waals surface area contributed by atoms with Crippen LogP contribution >= 0.6 is 0 Å². The number of carbonyl (C=O) groups is 1. The third-order valence-corrected chi connectivity index (χ3v) is 2.22. The van der Waals surface area contributed by atoms with Crippen molar-refractivity contribution in [1.82, 2.24) is 0 Å². The van der Waals surface area contributed by atoms with Gasteiger partial charge < -0.3 is 10.2 Å². The topological polar surface area (TPSA) is 57.5 Å². The zero-order chi connectivity index (χ0) is 11.4. The lowest BCUT2D eigenvalue weighted by molar-refractivity contribution is -0.137. The van der Waals surface area contributed by atoms with E-state index in [0.717, 1.165) is 0 Å². The summed E-state index contributed by atoms with van der Waals surface area (Å²) in [5.74, 6) is -1.31. The van der Waals surface area contributed by atoms with Gasteiger partial charge in [0.2, 0.25) is 0 Å². The Morgan fingerprint density at radius 1 is 1.53 bits per heavy atom. The summed E-state index contributed by atoms with van der Waals surface area (Å²) in [4.78, 5) is 10.3. The normalized spacial score (nSPS) is 12.5. The summed E-state index contributed by atoms with van der Waals surface area (Å²) in [7, 11) is 0. The average molecular weight is 212 g/mol. The molecule has 2 N–H and O–H groups in total. The standard InChI is InChI=1S/C11H13FO3/c1-7-6-8(12)2-3-9(7)10(13)4-5-11(14)15/h2-3,6,10,13H,4-5H2,1H3,(H,14,15). The summed E-state index contributed by atoms with van der Waals surface area (Å²) in [5, 5.41) is 18.1. The smallest absolute Gasteiger partial charge is 0.303 e. The summed E-state index contributed by atoms with van der Waals surface area (Å²) in [5.41, 5.74) is 1.21. The third kappa shape index (κ3) is 3.32. The third-order valence-electron chi connectivity index (χ3n) is 2.22. The molecule has 0 aromatic heterocycles. The monoisotopic (exact) mass is 212 g/mol. The van der Waals surface area contributed by atoms with Crippen LogP contribution in [0.2, 0.25) is 0 Å². The predicted molar refractivity (Wildman–Crippen MR) is 53.0 cm³/mol. The number of carboxylic acids is 1. The molecule has 1 rings (SSSR count). The minimum Gasteiger partial charge on any atom is -0.481 e. The Hall–Kier alpha value is -1.42. The minimum absolute atomic E-state index is 0.0992. The van der Waals surface area contributed by atoms with Crippen LogP contribution in [0.15, 0.2) is 18.2 Å². The molecular weight excluding hydrogens is 199 g/mol. The Bertz CT molecular complexity index is 363. The first-order valence-electron chi connectivity index (χ1n) is 4.66. The Kier molecular flexibility index (Phi) is 3.80. The number of carboxylic acid groups (broad SMARTS) is 1. The van der Waals surface area contributed by atoms with Crippen molar-refractivity contribution in [2.75, 3.05) is 0 Å². The van der Waals surface area contributed by atoms with Gasteiger partial charge in [-0.15, -0.1) is 0 Å². The van der Waals surface area contributed by atoms with Gasteiger partial charge in [0, 0.05) is 6.42 Å². The molecule has 82 valence electrons. The van der Waals surface area contributed by atoms with Crippen LogP contribution in [0.3, 0.4) is 0 Å². The molecule has 0 spiro atoms. The van der Waals surface area contributed by atoms with E-state index in [4.69, 9.17) is 5.11 Å². The van der Waals surface area contributed by atoms with E-state index in [9.17, 15) is 14.3 Å². The number of aliphatic carboxylic acids is 1. The van der Waals surface area contributed by atoms with Gasteiger partial charge >= 0.3 is 5.97 Å². The maximum absolute atomic E-state index is 12.7. The van der Waals surface area contributed by atoms with Gasteiger partial charge in [-0.3, -0.25) is 4.79 Å². The first-order chi connectivity index (χ1) is 7.00. The molecule has 0 saturated heterocycles. The van der Waals surface area contributed by atoms with E-state index in [0.29, 0.717) is 11.1 Å². The van der Waals surface area contributed by atoms with Crippen LogP contribution in [0.5, 0.6) is 0 Å². The lowest BCUT2D eigenvalue weighted by atomic mass is 10.00. The van der Waals surface area contributed by atoms with Gasteiger partial charge in [-0.25, -0.2) is 4.39 Å². The molecule has 1 aromatic rings. The first-order valence-corrected chi connectivity index (χ1v) is 4.66. The maximum Gasteiger partial charge on any atom is 0.303 e. The van der Waals surface area contributed by atoms with Gasteiger partial charge in [-0.2, -0.15) is 0 Å². The van der Waals surface area contributed by atoms with E-state index in [-0.39, 0.29) is 18.7 Å². The number of aliphatic hydroxyl groups excluding tert-OH is 1. The van der Waals surface area contributed by atoms with Gasteiger partial charge in [0.15, 0.2) is 0 Å². The SMILES string of the molecule is Cc1cc(F)ccc1C(O)CCC(=O)O. The van der Waals surface area contributed by atoms with Crippen LogP contribution in [0.25, 0.3) is 0 Å². The van der Waals surface area contributed by atoms with Crippen molar-refractivity contribution in [3.63, 3.8) is 0 Å². The second-order valence-electron chi connectivity index (χ2n) is 3.45. The molecule has 1 unspecified atom stereocenters. The van der Waals surface area contributed by atoms with Crippen molar-refractivity contribution in [3.05, 3.63) is 35.1 Å². The average Bonchev–Trinajstić information content (AvgIpc) is 2.14. The highest BCUT2D eigenvalue weighted by Crippen LogP contribution is 2.22. The second kappa shape index (κ2) is 4.89. The quantitative estimate of drug-likeness (QED) is 0.802. The highest BCUT2D eigenvalue weighted by atomic mass is 19.1. The molecule has 0 radical (unpaired) electrons. The zero-order valence-corrected chi connectivity index (χ0v) is 8.40. The number of hydrogen-bond donors (Lipinski definition) is 2. The van der Waals surface area contributed by atoms with Crippen LogP contribution in [0, 0.1) is 12.7 Å². The van der Waals surface area contributed by atoms with E-state index < -0.39 is 12.1 Å². The van der Waals surface area contributed by atoms with Crippen LogP contribution in [-0.4, -0.2) is 16.2 Å². The highest BCUT2D eigenvalue weighted by molar-refractivity contribution is 5.66. The van der Waals surface area contributed by atoms with Crippen LogP contribution < -0.4 is 0 Å². The Morgan fingerprint density at radius 2 is 2.20 bits per heavy atom. The van der Waals surface area contributed by atoms with Crippen LogP contribution in [-0.2, 0) is 4.79 Å². The van der Waals surface area contributed by atoms with Crippen molar-refractivity contribution in [2.24, 2.45) is 0 Å². The summed E-state index contributed by atoms with van der Waals surface area (Å²) >= 11 is 0. The van der Waals surface area contributed by atoms with Crippen LogP contribution in [0.1, 0.15) is 30.1 Å². The van der Waals surface area contributed by atoms with E-state index in [1.54, 1.807) is 6.92 Å². The predicted octanol–water partition coefficient (Wildman–Crippen LogP) is 2.03. The number of aliphatic hydroxyl groups is 1. The molecule has 0 heterocycles. The van der Waals surface area contributed by atoms with E-state index in [1.165, 1.54) is 18.2 Å². The molecule has 0 amide bonds. The van der Waals surface area contributed by atoms with Crippen molar-refractivity contribution < 1.29 is 19.4 Å². The van der Waals surface area contributed by atoms with Crippen molar-refractivity contribution >= 4 is 5.97 Å². The Morgan fingerprint density at radius 3 is 2.73 bits per heavy atom. The molecule has 0 fully saturated rings. The number of aryl methyl sites for hydroxylation is 1. The molecule has 0 aliphatic rings.